The Morgan fingerprint density at radius 1 is 1.52 bits per heavy atom. The first kappa shape index (κ1) is 15.8. The molecule has 2 rings (SSSR count). The smallest absolute Gasteiger partial charge is 0.357 e. The Morgan fingerprint density at radius 3 is 3.00 bits per heavy atom. The third-order valence-electron chi connectivity index (χ3n) is 2.44. The summed E-state index contributed by atoms with van der Waals surface area (Å²) in [5.41, 5.74) is 0.210. The number of ether oxygens (including phenoxy) is 2. The molecule has 2 aromatic rings. The summed E-state index contributed by atoms with van der Waals surface area (Å²) < 4.78 is 11.7. The summed E-state index contributed by atoms with van der Waals surface area (Å²) >= 11 is 9.36. The molecule has 0 aliphatic heterocycles. The van der Waals surface area contributed by atoms with Crippen LogP contribution in [-0.2, 0) is 4.74 Å². The number of pyridine rings is 1. The van der Waals surface area contributed by atoms with Gasteiger partial charge in [-0.15, -0.1) is 5.10 Å². The van der Waals surface area contributed by atoms with Gasteiger partial charge < -0.3 is 9.47 Å². The van der Waals surface area contributed by atoms with Crippen molar-refractivity contribution >= 4 is 33.5 Å². The van der Waals surface area contributed by atoms with Gasteiger partial charge in [-0.1, -0.05) is 27.5 Å². The molecule has 0 bridgehead atoms. The predicted molar refractivity (Wildman–Crippen MR) is 81.6 cm³/mol. The molecular formula is C13H13BrClN3O3. The van der Waals surface area contributed by atoms with Gasteiger partial charge in [0.25, 0.3) is 0 Å². The molecule has 0 spiro atoms. The Hall–Kier alpha value is -1.60. The van der Waals surface area contributed by atoms with E-state index in [1.165, 1.54) is 10.7 Å². The summed E-state index contributed by atoms with van der Waals surface area (Å²) in [6, 6.07) is 4.87. The van der Waals surface area contributed by atoms with Gasteiger partial charge in [0.1, 0.15) is 0 Å². The molecule has 0 aliphatic rings. The lowest BCUT2D eigenvalue weighted by molar-refractivity contribution is 0.0515. The molecule has 0 radical (unpaired) electrons. The molecule has 6 nitrogen and oxygen atoms in total. The summed E-state index contributed by atoms with van der Waals surface area (Å²) in [5, 5.41) is 5.23. The zero-order valence-corrected chi connectivity index (χ0v) is 13.6. The van der Waals surface area contributed by atoms with Gasteiger partial charge in [-0.2, -0.15) is 0 Å². The van der Waals surface area contributed by atoms with Crippen molar-refractivity contribution in [3.8, 4) is 11.7 Å². The number of alkyl halides is 1. The molecule has 0 amide bonds. The second-order valence-electron chi connectivity index (χ2n) is 3.85. The highest BCUT2D eigenvalue weighted by Gasteiger charge is 2.20. The maximum atomic E-state index is 12.0. The number of carbonyl (C=O) groups is 1. The van der Waals surface area contributed by atoms with Gasteiger partial charge in [-0.05, 0) is 19.1 Å². The highest BCUT2D eigenvalue weighted by molar-refractivity contribution is 9.09. The fraction of sp³-hybridized carbons (Fsp3) is 0.308. The summed E-state index contributed by atoms with van der Waals surface area (Å²) in [7, 11) is 0. The normalized spacial score (nSPS) is 10.4. The van der Waals surface area contributed by atoms with Gasteiger partial charge in [0.05, 0.1) is 18.2 Å². The van der Waals surface area contributed by atoms with Crippen molar-refractivity contribution in [3.05, 3.63) is 35.1 Å². The van der Waals surface area contributed by atoms with E-state index in [0.717, 1.165) is 0 Å². The van der Waals surface area contributed by atoms with Crippen LogP contribution in [-0.4, -0.2) is 39.3 Å². The topological polar surface area (TPSA) is 66.2 Å². The van der Waals surface area contributed by atoms with Crippen LogP contribution in [0.1, 0.15) is 17.4 Å². The van der Waals surface area contributed by atoms with Crippen LogP contribution in [0.5, 0.6) is 5.88 Å². The molecule has 2 aromatic heterocycles. The molecule has 0 N–H and O–H groups in total. The SMILES string of the molecule is CCOC(=O)c1cc(OCCBr)nn1-c1ncccc1Cl. The van der Waals surface area contributed by atoms with E-state index in [9.17, 15) is 4.79 Å². The number of halogens is 2. The predicted octanol–water partition coefficient (Wildman–Crippen LogP) is 2.87. The first-order valence-electron chi connectivity index (χ1n) is 6.24. The average Bonchev–Trinajstić information content (AvgIpc) is 2.90. The maximum Gasteiger partial charge on any atom is 0.357 e. The molecule has 0 aliphatic carbocycles. The van der Waals surface area contributed by atoms with Gasteiger partial charge in [-0.3, -0.25) is 0 Å². The lowest BCUT2D eigenvalue weighted by Crippen LogP contribution is -2.13. The molecule has 0 unspecified atom stereocenters. The van der Waals surface area contributed by atoms with Gasteiger partial charge in [-0.25, -0.2) is 14.5 Å². The number of hydrogen-bond donors (Lipinski definition) is 0. The first-order chi connectivity index (χ1) is 10.2. The van der Waals surface area contributed by atoms with E-state index in [-0.39, 0.29) is 12.3 Å². The molecule has 8 heteroatoms. The number of carbonyl (C=O) groups excluding carboxylic acids is 1. The summed E-state index contributed by atoms with van der Waals surface area (Å²) in [6.45, 7) is 2.42. The monoisotopic (exact) mass is 373 g/mol. The quantitative estimate of drug-likeness (QED) is 0.574. The van der Waals surface area contributed by atoms with E-state index in [4.69, 9.17) is 21.1 Å². The Morgan fingerprint density at radius 2 is 2.33 bits per heavy atom. The first-order valence-corrected chi connectivity index (χ1v) is 7.74. The summed E-state index contributed by atoms with van der Waals surface area (Å²) in [5.74, 6) is 0.135. The van der Waals surface area contributed by atoms with E-state index in [0.29, 0.717) is 28.7 Å². The molecule has 21 heavy (non-hydrogen) atoms. The number of esters is 1. The lowest BCUT2D eigenvalue weighted by atomic mass is 10.4. The van der Waals surface area contributed by atoms with Gasteiger partial charge >= 0.3 is 5.97 Å². The van der Waals surface area contributed by atoms with Crippen LogP contribution in [0.4, 0.5) is 0 Å². The minimum Gasteiger partial charge on any atom is -0.476 e. The molecule has 0 atom stereocenters. The van der Waals surface area contributed by atoms with Gasteiger partial charge in [0, 0.05) is 17.6 Å². The molecule has 112 valence electrons. The minimum absolute atomic E-state index is 0.210. The molecule has 2 heterocycles. The van der Waals surface area contributed by atoms with E-state index in [1.807, 2.05) is 0 Å². The van der Waals surface area contributed by atoms with Crippen LogP contribution in [0.3, 0.4) is 0 Å². The van der Waals surface area contributed by atoms with Crippen LogP contribution in [0.2, 0.25) is 5.02 Å². The second kappa shape index (κ2) is 7.42. The van der Waals surface area contributed by atoms with E-state index in [2.05, 4.69) is 26.0 Å². The Bertz CT molecular complexity index is 633. The average molecular weight is 375 g/mol. The fourth-order valence-corrected chi connectivity index (χ4v) is 1.98. The van der Waals surface area contributed by atoms with E-state index < -0.39 is 5.97 Å². The Balaban J connectivity index is 2.44. The van der Waals surface area contributed by atoms with Crippen LogP contribution >= 0.6 is 27.5 Å². The Kier molecular flexibility index (Phi) is 5.58. The molecule has 0 saturated heterocycles. The highest BCUT2D eigenvalue weighted by atomic mass is 79.9. The highest BCUT2D eigenvalue weighted by Crippen LogP contribution is 2.22. The van der Waals surface area contributed by atoms with Crippen molar-refractivity contribution in [2.45, 2.75) is 6.92 Å². The fourth-order valence-electron chi connectivity index (χ4n) is 1.62. The summed E-state index contributed by atoms with van der Waals surface area (Å²) in [4.78, 5) is 16.2. The summed E-state index contributed by atoms with van der Waals surface area (Å²) in [6.07, 6.45) is 1.57. The largest absolute Gasteiger partial charge is 0.476 e. The van der Waals surface area contributed by atoms with Crippen molar-refractivity contribution in [1.29, 1.82) is 0 Å². The number of aromatic nitrogens is 3. The van der Waals surface area contributed by atoms with Crippen molar-refractivity contribution in [1.82, 2.24) is 14.8 Å². The molecular weight excluding hydrogens is 362 g/mol. The van der Waals surface area contributed by atoms with Crippen molar-refractivity contribution < 1.29 is 14.3 Å². The minimum atomic E-state index is -0.514. The van der Waals surface area contributed by atoms with Crippen LogP contribution in [0, 0.1) is 0 Å². The van der Waals surface area contributed by atoms with E-state index >= 15 is 0 Å². The van der Waals surface area contributed by atoms with Crippen LogP contribution in [0.25, 0.3) is 5.82 Å². The van der Waals surface area contributed by atoms with Crippen LogP contribution < -0.4 is 4.74 Å². The van der Waals surface area contributed by atoms with Gasteiger partial charge in [0.15, 0.2) is 11.5 Å². The third-order valence-corrected chi connectivity index (χ3v) is 3.06. The number of nitrogens with zero attached hydrogens (tertiary/aromatic N) is 3. The second-order valence-corrected chi connectivity index (χ2v) is 5.05. The number of hydrogen-bond acceptors (Lipinski definition) is 5. The zero-order chi connectivity index (χ0) is 15.2. The zero-order valence-electron chi connectivity index (χ0n) is 11.3. The molecule has 0 aromatic carbocycles. The van der Waals surface area contributed by atoms with Gasteiger partial charge in [0.2, 0.25) is 5.88 Å². The lowest BCUT2D eigenvalue weighted by Gasteiger charge is -2.06. The van der Waals surface area contributed by atoms with Crippen molar-refractivity contribution in [2.24, 2.45) is 0 Å². The molecule has 0 saturated carbocycles. The number of rotatable bonds is 6. The maximum absolute atomic E-state index is 12.0. The van der Waals surface area contributed by atoms with Crippen molar-refractivity contribution in [2.75, 3.05) is 18.5 Å². The molecule has 0 fully saturated rings. The third kappa shape index (κ3) is 3.74. The van der Waals surface area contributed by atoms with Crippen molar-refractivity contribution in [3.63, 3.8) is 0 Å². The standard InChI is InChI=1S/C13H13BrClN3O3/c1-2-20-13(19)10-8-11(21-7-5-14)17-18(10)12-9(15)4-3-6-16-12/h3-4,6,8H,2,5,7H2,1H3. The Labute approximate surface area is 135 Å². The van der Waals surface area contributed by atoms with Crippen LogP contribution in [0.15, 0.2) is 24.4 Å². The van der Waals surface area contributed by atoms with E-state index in [1.54, 1.807) is 25.3 Å².